The molecule has 1 aromatic rings. The number of fused-ring (bicyclic) bond motifs is 2. The van der Waals surface area contributed by atoms with Crippen LogP contribution in [0.1, 0.15) is 46.4 Å². The molecule has 6 rings (SSSR count). The van der Waals surface area contributed by atoms with E-state index in [0.29, 0.717) is 37.0 Å². The summed E-state index contributed by atoms with van der Waals surface area (Å²) in [5.41, 5.74) is 0.715. The van der Waals surface area contributed by atoms with Crippen molar-refractivity contribution in [3.8, 4) is 0 Å². The molecule has 8 nitrogen and oxygen atoms in total. The van der Waals surface area contributed by atoms with Gasteiger partial charge in [-0.15, -0.1) is 0 Å². The van der Waals surface area contributed by atoms with Crippen LogP contribution in [0.3, 0.4) is 0 Å². The molecule has 0 bridgehead atoms. The van der Waals surface area contributed by atoms with E-state index in [4.69, 9.17) is 0 Å². The van der Waals surface area contributed by atoms with Crippen LogP contribution in [0.15, 0.2) is 18.2 Å². The Morgan fingerprint density at radius 2 is 1.74 bits per heavy atom. The number of hydrogen-bond donors (Lipinski definition) is 1. The minimum absolute atomic E-state index is 0.0395. The lowest BCUT2D eigenvalue weighted by Crippen LogP contribution is -2.54. The highest BCUT2D eigenvalue weighted by Gasteiger charge is 2.50. The van der Waals surface area contributed by atoms with Crippen LogP contribution in [0.4, 0.5) is 14.5 Å². The summed E-state index contributed by atoms with van der Waals surface area (Å²) in [7, 11) is 0. The lowest BCUT2D eigenvalue weighted by molar-refractivity contribution is -0.136. The number of hydrogen-bond acceptors (Lipinski definition) is 6. The molecule has 1 N–H and O–H groups in total. The van der Waals surface area contributed by atoms with Crippen LogP contribution in [0.25, 0.3) is 0 Å². The summed E-state index contributed by atoms with van der Waals surface area (Å²) in [5, 5.41) is 2.16. The van der Waals surface area contributed by atoms with Gasteiger partial charge in [0, 0.05) is 44.2 Å². The van der Waals surface area contributed by atoms with Gasteiger partial charge in [-0.25, -0.2) is 8.78 Å². The fourth-order valence-corrected chi connectivity index (χ4v) is 6.04. The first-order valence-corrected chi connectivity index (χ1v) is 11.9. The molecule has 1 aromatic carbocycles. The first-order valence-electron chi connectivity index (χ1n) is 11.9. The van der Waals surface area contributed by atoms with E-state index in [9.17, 15) is 19.2 Å². The highest BCUT2D eigenvalue weighted by Crippen LogP contribution is 2.46. The van der Waals surface area contributed by atoms with Gasteiger partial charge in [0.05, 0.1) is 17.7 Å². The second-order valence-corrected chi connectivity index (χ2v) is 10.3. The van der Waals surface area contributed by atoms with Crippen molar-refractivity contribution >= 4 is 29.3 Å². The number of halogens is 2. The Balaban J connectivity index is 1.17. The average molecular weight is 472 g/mol. The van der Waals surface area contributed by atoms with Gasteiger partial charge in [0.15, 0.2) is 0 Å². The lowest BCUT2D eigenvalue weighted by Gasteiger charge is -2.41. The molecule has 0 radical (unpaired) electrons. The Morgan fingerprint density at radius 3 is 2.44 bits per heavy atom. The maximum atomic E-state index is 15.1. The van der Waals surface area contributed by atoms with Crippen molar-refractivity contribution in [1.82, 2.24) is 15.1 Å². The second kappa shape index (κ2) is 7.56. The molecule has 4 aliphatic heterocycles. The van der Waals surface area contributed by atoms with Gasteiger partial charge in [-0.3, -0.25) is 29.4 Å². The van der Waals surface area contributed by atoms with Gasteiger partial charge in [-0.1, -0.05) is 0 Å². The molecule has 4 amide bonds. The number of nitrogens with one attached hydrogen (secondary N) is 1. The molecule has 1 saturated carbocycles. The van der Waals surface area contributed by atoms with E-state index in [0.717, 1.165) is 18.0 Å². The second-order valence-electron chi connectivity index (χ2n) is 10.3. The number of rotatable bonds is 4. The molecule has 4 unspecified atom stereocenters. The Morgan fingerprint density at radius 1 is 1.00 bits per heavy atom. The molecule has 4 heterocycles. The molecule has 1 aliphatic carbocycles. The van der Waals surface area contributed by atoms with Gasteiger partial charge in [0.2, 0.25) is 11.8 Å². The molecule has 5 aliphatic rings. The van der Waals surface area contributed by atoms with Crippen molar-refractivity contribution in [3.63, 3.8) is 0 Å². The molecule has 4 fully saturated rings. The van der Waals surface area contributed by atoms with Crippen LogP contribution >= 0.6 is 0 Å². The molecular weight excluding hydrogens is 446 g/mol. The van der Waals surface area contributed by atoms with E-state index in [2.05, 4.69) is 10.2 Å². The molecule has 34 heavy (non-hydrogen) atoms. The monoisotopic (exact) mass is 472 g/mol. The number of piperidine rings is 3. The Bertz CT molecular complexity index is 1100. The quantitative estimate of drug-likeness (QED) is 0.669. The van der Waals surface area contributed by atoms with Crippen LogP contribution < -0.4 is 10.2 Å². The van der Waals surface area contributed by atoms with Crippen molar-refractivity contribution in [2.24, 2.45) is 17.8 Å². The van der Waals surface area contributed by atoms with E-state index < -0.39 is 48.1 Å². The van der Waals surface area contributed by atoms with Crippen molar-refractivity contribution < 1.29 is 28.0 Å². The number of anilines is 1. The molecular formula is C24H26F2N4O4. The van der Waals surface area contributed by atoms with Gasteiger partial charge in [0.25, 0.3) is 17.7 Å². The lowest BCUT2D eigenvalue weighted by atomic mass is 9.91. The van der Waals surface area contributed by atoms with Crippen LogP contribution in [0, 0.1) is 17.8 Å². The van der Waals surface area contributed by atoms with Gasteiger partial charge in [0.1, 0.15) is 6.04 Å². The molecule has 180 valence electrons. The summed E-state index contributed by atoms with van der Waals surface area (Å²) in [4.78, 5) is 54.2. The highest BCUT2D eigenvalue weighted by atomic mass is 19.3. The third-order valence-corrected chi connectivity index (χ3v) is 8.07. The highest BCUT2D eigenvalue weighted by molar-refractivity contribution is 6.23. The van der Waals surface area contributed by atoms with E-state index in [-0.39, 0.29) is 24.0 Å². The third-order valence-electron chi connectivity index (χ3n) is 8.07. The number of alkyl halides is 2. The molecule has 10 heteroatoms. The predicted molar refractivity (Wildman–Crippen MR) is 116 cm³/mol. The van der Waals surface area contributed by atoms with Crippen molar-refractivity contribution in [1.29, 1.82) is 0 Å². The fourth-order valence-electron chi connectivity index (χ4n) is 6.04. The number of carbonyl (C=O) groups excluding carboxylic acids is 4. The summed E-state index contributed by atoms with van der Waals surface area (Å²) < 4.78 is 30.2. The number of benzene rings is 1. The minimum Gasteiger partial charge on any atom is -0.365 e. The predicted octanol–water partition coefficient (Wildman–Crippen LogP) is 1.50. The summed E-state index contributed by atoms with van der Waals surface area (Å²) in [6.07, 6.45) is 1.70. The average Bonchev–Trinajstić information content (AvgIpc) is 3.32. The van der Waals surface area contributed by atoms with E-state index in [1.807, 2.05) is 0 Å². The van der Waals surface area contributed by atoms with E-state index >= 15 is 8.78 Å². The number of imide groups is 2. The van der Waals surface area contributed by atoms with Crippen molar-refractivity contribution in [2.45, 2.75) is 37.6 Å². The number of carbonyl (C=O) groups is 4. The Hall–Kier alpha value is -2.88. The van der Waals surface area contributed by atoms with Crippen molar-refractivity contribution in [2.75, 3.05) is 37.6 Å². The van der Waals surface area contributed by atoms with Gasteiger partial charge in [-0.05, 0) is 49.3 Å². The maximum Gasteiger partial charge on any atom is 0.269 e. The Labute approximate surface area is 195 Å². The Kier molecular flexibility index (Phi) is 4.81. The van der Waals surface area contributed by atoms with Gasteiger partial charge in [-0.2, -0.15) is 0 Å². The fraction of sp³-hybridized carbons (Fsp3) is 0.583. The SMILES string of the molecule is O=C1CCC(N2C(=O)c3ccc(N4CCC(CN5CC6CC6C5)C(F)(F)C4)cc3C2=O)C(=O)N1. The number of likely N-dealkylation sites (tertiary alicyclic amines) is 1. The summed E-state index contributed by atoms with van der Waals surface area (Å²) in [6, 6.07) is 3.48. The van der Waals surface area contributed by atoms with Gasteiger partial charge < -0.3 is 9.80 Å². The third kappa shape index (κ3) is 3.50. The summed E-state index contributed by atoms with van der Waals surface area (Å²) in [6.45, 7) is 2.30. The normalized spacial score (nSPS) is 32.6. The molecule has 0 aromatic heterocycles. The van der Waals surface area contributed by atoms with Gasteiger partial charge >= 0.3 is 0 Å². The molecule has 3 saturated heterocycles. The first-order chi connectivity index (χ1) is 16.2. The van der Waals surface area contributed by atoms with E-state index in [1.165, 1.54) is 18.6 Å². The van der Waals surface area contributed by atoms with Crippen molar-refractivity contribution in [3.05, 3.63) is 29.3 Å². The van der Waals surface area contributed by atoms with Crippen LogP contribution in [-0.2, 0) is 9.59 Å². The smallest absolute Gasteiger partial charge is 0.269 e. The van der Waals surface area contributed by atoms with Crippen LogP contribution in [0.2, 0.25) is 0 Å². The zero-order valence-electron chi connectivity index (χ0n) is 18.6. The standard InChI is InChI=1S/C24H26F2N4O4/c25-24(26)12-29(6-5-15(24)11-28-9-13-7-14(13)10-28)16-1-2-17-18(8-16)23(34)30(22(17)33)19-3-4-20(31)27-21(19)32/h1-2,8,13-15,19H,3-7,9-12H2,(H,27,31,32). The number of nitrogens with zero attached hydrogens (tertiary/aromatic N) is 3. The van der Waals surface area contributed by atoms with Crippen LogP contribution in [-0.4, -0.2) is 78.1 Å². The topological polar surface area (TPSA) is 90.0 Å². The van der Waals surface area contributed by atoms with Crippen LogP contribution in [0.5, 0.6) is 0 Å². The first kappa shape index (κ1) is 21.6. The zero-order chi connectivity index (χ0) is 23.8. The maximum absolute atomic E-state index is 15.1. The van der Waals surface area contributed by atoms with E-state index in [1.54, 1.807) is 11.0 Å². The molecule has 0 spiro atoms. The largest absolute Gasteiger partial charge is 0.365 e. The summed E-state index contributed by atoms with van der Waals surface area (Å²) in [5.74, 6) is -4.49. The summed E-state index contributed by atoms with van der Waals surface area (Å²) >= 11 is 0. The molecule has 4 atom stereocenters. The zero-order valence-corrected chi connectivity index (χ0v) is 18.6. The minimum atomic E-state index is -2.86. The number of amides is 4.